The first-order valence-electron chi connectivity index (χ1n) is 5.93. The highest BCUT2D eigenvalue weighted by Gasteiger charge is 2.34. The van der Waals surface area contributed by atoms with Gasteiger partial charge in [-0.2, -0.15) is 13.2 Å². The molecule has 2 rings (SSSR count). The van der Waals surface area contributed by atoms with Crippen molar-refractivity contribution in [2.45, 2.75) is 19.6 Å². The van der Waals surface area contributed by atoms with Crippen molar-refractivity contribution < 1.29 is 18.0 Å². The van der Waals surface area contributed by atoms with Gasteiger partial charge in [-0.3, -0.25) is 18.7 Å². The molecule has 0 spiro atoms. The van der Waals surface area contributed by atoms with Crippen LogP contribution in [0.3, 0.4) is 0 Å². The number of aryl methyl sites for hydroxylation is 1. The highest BCUT2D eigenvalue weighted by molar-refractivity contribution is 5.83. The van der Waals surface area contributed by atoms with E-state index >= 15 is 0 Å². The Balaban J connectivity index is 3.02. The zero-order chi connectivity index (χ0) is 15.9. The summed E-state index contributed by atoms with van der Waals surface area (Å²) in [5.41, 5.74) is -3.20. The van der Waals surface area contributed by atoms with Crippen LogP contribution in [0, 0.1) is 0 Å². The summed E-state index contributed by atoms with van der Waals surface area (Å²) in [5, 5.41) is -0.617. The molecular weight excluding hydrogens is 289 g/mol. The predicted octanol–water partition coefficient (Wildman–Crippen LogP) is 1.31. The number of Topliss-reactive ketones (excluding diaryl/α,β-unsaturated/α-hetero) is 1. The lowest BCUT2D eigenvalue weighted by atomic mass is 10.1. The standard InChI is InChI=1S/C13H11F3N2O3/c1-7(19)6-18-11(20)10-8(13(14,15)16)4-3-5-9(10)17(2)12(18)21/h3-5H,6H2,1-2H3. The Labute approximate surface area is 116 Å². The Kier molecular flexibility index (Phi) is 3.48. The number of benzene rings is 1. The summed E-state index contributed by atoms with van der Waals surface area (Å²) in [4.78, 5) is 35.3. The van der Waals surface area contributed by atoms with Crippen molar-refractivity contribution in [2.75, 3.05) is 0 Å². The first-order valence-corrected chi connectivity index (χ1v) is 5.93. The molecule has 21 heavy (non-hydrogen) atoms. The first-order chi connectivity index (χ1) is 9.64. The fourth-order valence-electron chi connectivity index (χ4n) is 2.15. The number of hydrogen-bond acceptors (Lipinski definition) is 3. The Morgan fingerprint density at radius 1 is 1.24 bits per heavy atom. The van der Waals surface area contributed by atoms with Crippen molar-refractivity contribution in [3.05, 3.63) is 44.6 Å². The number of fused-ring (bicyclic) bond motifs is 1. The van der Waals surface area contributed by atoms with E-state index in [4.69, 9.17) is 0 Å². The van der Waals surface area contributed by atoms with E-state index in [9.17, 15) is 27.6 Å². The summed E-state index contributed by atoms with van der Waals surface area (Å²) >= 11 is 0. The maximum atomic E-state index is 13.0. The van der Waals surface area contributed by atoms with Gasteiger partial charge in [0.25, 0.3) is 5.56 Å². The van der Waals surface area contributed by atoms with Crippen molar-refractivity contribution in [2.24, 2.45) is 7.05 Å². The number of rotatable bonds is 2. The Morgan fingerprint density at radius 2 is 1.86 bits per heavy atom. The highest BCUT2D eigenvalue weighted by atomic mass is 19.4. The first kappa shape index (κ1) is 15.0. The minimum absolute atomic E-state index is 0.125. The number of ketones is 1. The Hall–Kier alpha value is -2.38. The summed E-state index contributed by atoms with van der Waals surface area (Å²) < 4.78 is 40.5. The summed E-state index contributed by atoms with van der Waals surface area (Å²) in [5.74, 6) is -0.502. The Morgan fingerprint density at radius 3 is 2.38 bits per heavy atom. The Bertz CT molecular complexity index is 847. The lowest BCUT2D eigenvalue weighted by Gasteiger charge is -2.14. The molecule has 2 aromatic rings. The van der Waals surface area contributed by atoms with Gasteiger partial charge in [0.2, 0.25) is 0 Å². The van der Waals surface area contributed by atoms with E-state index in [1.165, 1.54) is 13.1 Å². The van der Waals surface area contributed by atoms with E-state index < -0.39 is 40.7 Å². The summed E-state index contributed by atoms with van der Waals surface area (Å²) in [6.07, 6.45) is -4.73. The van der Waals surface area contributed by atoms with Crippen LogP contribution in [0.25, 0.3) is 10.9 Å². The van der Waals surface area contributed by atoms with Gasteiger partial charge in [-0.1, -0.05) is 6.07 Å². The third-order valence-electron chi connectivity index (χ3n) is 3.07. The average molecular weight is 300 g/mol. The van der Waals surface area contributed by atoms with Crippen molar-refractivity contribution >= 4 is 16.7 Å². The SMILES string of the molecule is CC(=O)Cn1c(=O)c2c(C(F)(F)F)cccc2n(C)c1=O. The molecule has 0 saturated heterocycles. The van der Waals surface area contributed by atoms with Crippen molar-refractivity contribution in [3.8, 4) is 0 Å². The number of carbonyl (C=O) groups is 1. The van der Waals surface area contributed by atoms with Gasteiger partial charge in [0.15, 0.2) is 0 Å². The highest BCUT2D eigenvalue weighted by Crippen LogP contribution is 2.32. The van der Waals surface area contributed by atoms with Crippen LogP contribution in [0.5, 0.6) is 0 Å². The van der Waals surface area contributed by atoms with Crippen LogP contribution in [0.2, 0.25) is 0 Å². The van der Waals surface area contributed by atoms with Crippen molar-refractivity contribution in [1.82, 2.24) is 9.13 Å². The minimum Gasteiger partial charge on any atom is -0.298 e. The third kappa shape index (κ3) is 2.48. The molecule has 0 atom stereocenters. The van der Waals surface area contributed by atoms with Gasteiger partial charge in [0.05, 0.1) is 23.0 Å². The molecule has 1 aromatic carbocycles. The maximum Gasteiger partial charge on any atom is 0.417 e. The fraction of sp³-hybridized carbons (Fsp3) is 0.308. The maximum absolute atomic E-state index is 13.0. The van der Waals surface area contributed by atoms with E-state index in [0.717, 1.165) is 23.6 Å². The number of hydrogen-bond donors (Lipinski definition) is 0. The van der Waals surface area contributed by atoms with Crippen LogP contribution in [0.15, 0.2) is 27.8 Å². The smallest absolute Gasteiger partial charge is 0.298 e. The molecule has 112 valence electrons. The predicted molar refractivity (Wildman–Crippen MR) is 69.1 cm³/mol. The molecule has 0 N–H and O–H groups in total. The van der Waals surface area contributed by atoms with E-state index in [1.807, 2.05) is 0 Å². The lowest BCUT2D eigenvalue weighted by Crippen LogP contribution is -2.41. The molecule has 0 aliphatic heterocycles. The second-order valence-corrected chi connectivity index (χ2v) is 4.63. The zero-order valence-corrected chi connectivity index (χ0v) is 11.2. The number of alkyl halides is 3. The number of nitrogens with zero attached hydrogens (tertiary/aromatic N) is 2. The monoisotopic (exact) mass is 300 g/mol. The number of carbonyl (C=O) groups excluding carboxylic acids is 1. The van der Waals surface area contributed by atoms with E-state index in [2.05, 4.69) is 0 Å². The molecule has 0 aliphatic carbocycles. The fourth-order valence-corrected chi connectivity index (χ4v) is 2.15. The van der Waals surface area contributed by atoms with Crippen LogP contribution in [0.1, 0.15) is 12.5 Å². The molecule has 0 unspecified atom stereocenters. The van der Waals surface area contributed by atoms with Crippen LogP contribution in [-0.4, -0.2) is 14.9 Å². The van der Waals surface area contributed by atoms with E-state index in [-0.39, 0.29) is 5.52 Å². The average Bonchev–Trinajstić information content (AvgIpc) is 2.39. The van der Waals surface area contributed by atoms with Gasteiger partial charge >= 0.3 is 11.9 Å². The summed E-state index contributed by atoms with van der Waals surface area (Å²) in [7, 11) is 1.25. The van der Waals surface area contributed by atoms with Gasteiger partial charge < -0.3 is 0 Å². The second kappa shape index (κ2) is 4.87. The van der Waals surface area contributed by atoms with Gasteiger partial charge in [-0.05, 0) is 19.1 Å². The van der Waals surface area contributed by atoms with Crippen LogP contribution >= 0.6 is 0 Å². The summed E-state index contributed by atoms with van der Waals surface area (Å²) in [6, 6.07) is 3.15. The lowest BCUT2D eigenvalue weighted by molar-refractivity contribution is -0.136. The van der Waals surface area contributed by atoms with Gasteiger partial charge in [-0.15, -0.1) is 0 Å². The third-order valence-corrected chi connectivity index (χ3v) is 3.07. The normalized spacial score (nSPS) is 11.9. The minimum atomic E-state index is -4.73. The van der Waals surface area contributed by atoms with E-state index in [0.29, 0.717) is 4.57 Å². The second-order valence-electron chi connectivity index (χ2n) is 4.63. The molecule has 5 nitrogen and oxygen atoms in total. The topological polar surface area (TPSA) is 61.1 Å². The zero-order valence-electron chi connectivity index (χ0n) is 11.2. The molecule has 1 heterocycles. The van der Waals surface area contributed by atoms with Crippen LogP contribution in [0.4, 0.5) is 13.2 Å². The quantitative estimate of drug-likeness (QED) is 0.840. The molecule has 0 fully saturated rings. The number of halogens is 3. The van der Waals surface area contributed by atoms with E-state index in [1.54, 1.807) is 0 Å². The van der Waals surface area contributed by atoms with Gasteiger partial charge in [0.1, 0.15) is 5.78 Å². The van der Waals surface area contributed by atoms with Gasteiger partial charge in [0, 0.05) is 7.05 Å². The molecule has 0 amide bonds. The number of aromatic nitrogens is 2. The molecule has 0 bridgehead atoms. The van der Waals surface area contributed by atoms with Crippen molar-refractivity contribution in [3.63, 3.8) is 0 Å². The molecule has 8 heteroatoms. The van der Waals surface area contributed by atoms with Gasteiger partial charge in [-0.25, -0.2) is 4.79 Å². The molecule has 0 aliphatic rings. The largest absolute Gasteiger partial charge is 0.417 e. The summed E-state index contributed by atoms with van der Waals surface area (Å²) in [6.45, 7) is 0.583. The molecule has 1 aromatic heterocycles. The van der Waals surface area contributed by atoms with Crippen LogP contribution in [-0.2, 0) is 24.6 Å². The molecular formula is C13H11F3N2O3. The van der Waals surface area contributed by atoms with Crippen molar-refractivity contribution in [1.29, 1.82) is 0 Å². The molecule has 0 saturated carbocycles. The van der Waals surface area contributed by atoms with Crippen LogP contribution < -0.4 is 11.2 Å². The molecule has 0 radical (unpaired) electrons.